The number of nitrogens with one attached hydrogen (secondary N) is 1. The molecule has 2 nitrogen and oxygen atoms in total. The fourth-order valence-corrected chi connectivity index (χ4v) is 2.98. The quantitative estimate of drug-likeness (QED) is 0.681. The van der Waals surface area contributed by atoms with E-state index in [1.165, 1.54) is 37.8 Å². The number of rotatable bonds is 9. The van der Waals surface area contributed by atoms with Crippen LogP contribution in [-0.2, 0) is 6.42 Å². The molecule has 0 radical (unpaired) electrons. The van der Waals surface area contributed by atoms with Crippen molar-refractivity contribution in [1.82, 2.24) is 10.3 Å². The molecule has 0 saturated heterocycles. The molecule has 0 unspecified atom stereocenters. The van der Waals surface area contributed by atoms with Crippen molar-refractivity contribution in [2.75, 3.05) is 13.1 Å². The SMILES string of the molecule is CCCCCCNCCc1nc(-c2ccc(F)cc2)cs1. The van der Waals surface area contributed by atoms with Gasteiger partial charge in [0.15, 0.2) is 0 Å². The second-order valence-corrected chi connectivity index (χ2v) is 6.14. The number of aromatic nitrogens is 1. The molecule has 4 heteroatoms. The Labute approximate surface area is 130 Å². The number of benzene rings is 1. The number of halogens is 1. The Bertz CT molecular complexity index is 522. The van der Waals surface area contributed by atoms with Gasteiger partial charge in [0.2, 0.25) is 0 Å². The zero-order chi connectivity index (χ0) is 14.9. The summed E-state index contributed by atoms with van der Waals surface area (Å²) in [5.41, 5.74) is 1.92. The van der Waals surface area contributed by atoms with Crippen LogP contribution in [0.1, 0.15) is 37.6 Å². The summed E-state index contributed by atoms with van der Waals surface area (Å²) in [6, 6.07) is 6.51. The maximum absolute atomic E-state index is 12.9. The molecule has 1 N–H and O–H groups in total. The Hall–Kier alpha value is -1.26. The second-order valence-electron chi connectivity index (χ2n) is 5.19. The molecule has 21 heavy (non-hydrogen) atoms. The van der Waals surface area contributed by atoms with Crippen molar-refractivity contribution in [2.24, 2.45) is 0 Å². The lowest BCUT2D eigenvalue weighted by Crippen LogP contribution is -2.18. The third-order valence-corrected chi connectivity index (χ3v) is 4.32. The average Bonchev–Trinajstić information content (AvgIpc) is 2.96. The minimum Gasteiger partial charge on any atom is -0.316 e. The largest absolute Gasteiger partial charge is 0.316 e. The smallest absolute Gasteiger partial charge is 0.123 e. The molecular formula is C17H23FN2S. The van der Waals surface area contributed by atoms with Gasteiger partial charge in [0.05, 0.1) is 10.7 Å². The minimum atomic E-state index is -0.207. The van der Waals surface area contributed by atoms with E-state index in [0.717, 1.165) is 35.8 Å². The molecule has 0 aliphatic rings. The van der Waals surface area contributed by atoms with Crippen LogP contribution in [0.5, 0.6) is 0 Å². The van der Waals surface area contributed by atoms with Gasteiger partial charge in [0.25, 0.3) is 0 Å². The molecule has 0 spiro atoms. The zero-order valence-corrected chi connectivity index (χ0v) is 13.4. The molecular weight excluding hydrogens is 283 g/mol. The zero-order valence-electron chi connectivity index (χ0n) is 12.6. The Balaban J connectivity index is 1.72. The molecule has 0 amide bonds. The molecule has 0 aliphatic carbocycles. The predicted molar refractivity (Wildman–Crippen MR) is 88.2 cm³/mol. The summed E-state index contributed by atoms with van der Waals surface area (Å²) in [6.07, 6.45) is 6.14. The van der Waals surface area contributed by atoms with Crippen LogP contribution < -0.4 is 5.32 Å². The van der Waals surface area contributed by atoms with Gasteiger partial charge in [-0.05, 0) is 37.2 Å². The van der Waals surface area contributed by atoms with E-state index in [1.807, 2.05) is 5.38 Å². The first-order valence-electron chi connectivity index (χ1n) is 7.70. The van der Waals surface area contributed by atoms with Crippen molar-refractivity contribution in [3.63, 3.8) is 0 Å². The van der Waals surface area contributed by atoms with Crippen molar-refractivity contribution < 1.29 is 4.39 Å². The average molecular weight is 306 g/mol. The third kappa shape index (κ3) is 5.56. The van der Waals surface area contributed by atoms with Gasteiger partial charge in [-0.15, -0.1) is 11.3 Å². The van der Waals surface area contributed by atoms with Gasteiger partial charge in [0.1, 0.15) is 5.82 Å². The number of nitrogens with zero attached hydrogens (tertiary/aromatic N) is 1. The second kappa shape index (κ2) is 8.90. The molecule has 2 rings (SSSR count). The molecule has 0 atom stereocenters. The molecule has 1 heterocycles. The summed E-state index contributed by atoms with van der Waals surface area (Å²) in [5.74, 6) is -0.207. The third-order valence-electron chi connectivity index (χ3n) is 3.41. The minimum absolute atomic E-state index is 0.207. The maximum Gasteiger partial charge on any atom is 0.123 e. The Morgan fingerprint density at radius 1 is 1.10 bits per heavy atom. The lowest BCUT2D eigenvalue weighted by molar-refractivity contribution is 0.598. The molecule has 0 saturated carbocycles. The van der Waals surface area contributed by atoms with Crippen LogP contribution in [-0.4, -0.2) is 18.1 Å². The van der Waals surface area contributed by atoms with Gasteiger partial charge in [-0.3, -0.25) is 0 Å². The van der Waals surface area contributed by atoms with Crippen molar-refractivity contribution in [2.45, 2.75) is 39.0 Å². The van der Waals surface area contributed by atoms with Crippen LogP contribution in [0.4, 0.5) is 4.39 Å². The van der Waals surface area contributed by atoms with Crippen molar-refractivity contribution in [3.8, 4) is 11.3 Å². The molecule has 1 aromatic carbocycles. The van der Waals surface area contributed by atoms with Crippen molar-refractivity contribution in [3.05, 3.63) is 40.5 Å². The molecule has 2 aromatic rings. The Morgan fingerprint density at radius 2 is 1.90 bits per heavy atom. The number of unbranched alkanes of at least 4 members (excludes halogenated alkanes) is 3. The van der Waals surface area contributed by atoms with Crippen LogP contribution in [0.2, 0.25) is 0 Å². The monoisotopic (exact) mass is 306 g/mol. The van der Waals surface area contributed by atoms with Crippen LogP contribution in [0, 0.1) is 5.82 Å². The maximum atomic E-state index is 12.9. The summed E-state index contributed by atoms with van der Waals surface area (Å²) >= 11 is 1.68. The molecule has 114 valence electrons. The van der Waals surface area contributed by atoms with Crippen molar-refractivity contribution >= 4 is 11.3 Å². The summed E-state index contributed by atoms with van der Waals surface area (Å²) in [5, 5.41) is 6.65. The summed E-state index contributed by atoms with van der Waals surface area (Å²) < 4.78 is 12.9. The van der Waals surface area contributed by atoms with E-state index < -0.39 is 0 Å². The van der Waals surface area contributed by atoms with Gasteiger partial charge in [0, 0.05) is 23.9 Å². The first-order valence-corrected chi connectivity index (χ1v) is 8.58. The summed E-state index contributed by atoms with van der Waals surface area (Å²) in [7, 11) is 0. The Morgan fingerprint density at radius 3 is 2.67 bits per heavy atom. The van der Waals surface area contributed by atoms with Gasteiger partial charge >= 0.3 is 0 Å². The highest BCUT2D eigenvalue weighted by molar-refractivity contribution is 7.09. The van der Waals surface area contributed by atoms with E-state index in [4.69, 9.17) is 0 Å². The standard InChI is InChI=1S/C17H23FN2S/c1-2-3-4-5-11-19-12-10-17-20-16(13-21-17)14-6-8-15(18)9-7-14/h6-9,13,19H,2-5,10-12H2,1H3. The lowest BCUT2D eigenvalue weighted by Gasteiger charge is -2.02. The molecule has 1 aromatic heterocycles. The van der Waals surface area contributed by atoms with Gasteiger partial charge in [-0.25, -0.2) is 9.37 Å². The molecule has 0 bridgehead atoms. The van der Waals surface area contributed by atoms with Crippen LogP contribution in [0.3, 0.4) is 0 Å². The normalized spacial score (nSPS) is 11.0. The number of hydrogen-bond donors (Lipinski definition) is 1. The predicted octanol–water partition coefficient (Wildman–Crippen LogP) is 4.66. The highest BCUT2D eigenvalue weighted by Gasteiger charge is 2.04. The summed E-state index contributed by atoms with van der Waals surface area (Å²) in [4.78, 5) is 4.61. The van der Waals surface area contributed by atoms with E-state index in [9.17, 15) is 4.39 Å². The first kappa shape index (κ1) is 16.1. The van der Waals surface area contributed by atoms with Crippen LogP contribution in [0.15, 0.2) is 29.6 Å². The summed E-state index contributed by atoms with van der Waals surface area (Å²) in [6.45, 7) is 4.30. The van der Waals surface area contributed by atoms with Gasteiger partial charge < -0.3 is 5.32 Å². The van der Waals surface area contributed by atoms with Crippen molar-refractivity contribution in [1.29, 1.82) is 0 Å². The fourth-order valence-electron chi connectivity index (χ4n) is 2.18. The van der Waals surface area contributed by atoms with E-state index in [0.29, 0.717) is 0 Å². The molecule has 0 fully saturated rings. The van der Waals surface area contributed by atoms with Gasteiger partial charge in [-0.2, -0.15) is 0 Å². The van der Waals surface area contributed by atoms with Gasteiger partial charge in [-0.1, -0.05) is 26.2 Å². The number of thiazole rings is 1. The van der Waals surface area contributed by atoms with E-state index in [2.05, 4.69) is 17.2 Å². The first-order chi connectivity index (χ1) is 10.3. The molecule has 0 aliphatic heterocycles. The van der Waals surface area contributed by atoms with E-state index in [1.54, 1.807) is 23.5 Å². The van der Waals surface area contributed by atoms with E-state index >= 15 is 0 Å². The Kier molecular flexibility index (Phi) is 6.83. The van der Waals surface area contributed by atoms with Crippen LogP contribution in [0.25, 0.3) is 11.3 Å². The van der Waals surface area contributed by atoms with E-state index in [-0.39, 0.29) is 5.82 Å². The fraction of sp³-hybridized carbons (Fsp3) is 0.471. The number of hydrogen-bond acceptors (Lipinski definition) is 3. The highest BCUT2D eigenvalue weighted by Crippen LogP contribution is 2.22. The highest BCUT2D eigenvalue weighted by atomic mass is 32.1. The van der Waals surface area contributed by atoms with Crippen LogP contribution >= 0.6 is 11.3 Å². The lowest BCUT2D eigenvalue weighted by atomic mass is 10.2. The topological polar surface area (TPSA) is 24.9 Å².